The van der Waals surface area contributed by atoms with Gasteiger partial charge in [0.25, 0.3) is 5.89 Å². The minimum absolute atomic E-state index is 0.355. The molecule has 0 saturated heterocycles. The Morgan fingerprint density at radius 1 is 1.42 bits per heavy atom. The average Bonchev–Trinajstić information content (AvgIpc) is 2.87. The van der Waals surface area contributed by atoms with E-state index < -0.39 is 0 Å². The highest BCUT2D eigenvalue weighted by atomic mass is 16.5. The third-order valence-corrected chi connectivity index (χ3v) is 3.22. The SMILES string of the molecule is NC(COC1CCC1)c1noc(-c2ccccn2)n1. The Labute approximate surface area is 111 Å². The molecule has 2 N–H and O–H groups in total. The van der Waals surface area contributed by atoms with E-state index in [1.807, 2.05) is 18.2 Å². The third-order valence-electron chi connectivity index (χ3n) is 3.22. The summed E-state index contributed by atoms with van der Waals surface area (Å²) in [6.45, 7) is 0.422. The average molecular weight is 260 g/mol. The molecule has 6 heteroatoms. The van der Waals surface area contributed by atoms with Gasteiger partial charge >= 0.3 is 0 Å². The second kappa shape index (κ2) is 5.46. The summed E-state index contributed by atoms with van der Waals surface area (Å²) >= 11 is 0. The zero-order valence-electron chi connectivity index (χ0n) is 10.5. The van der Waals surface area contributed by atoms with Crippen LogP contribution in [0.3, 0.4) is 0 Å². The van der Waals surface area contributed by atoms with E-state index in [1.54, 1.807) is 6.20 Å². The largest absolute Gasteiger partial charge is 0.376 e. The van der Waals surface area contributed by atoms with Crippen molar-refractivity contribution in [2.45, 2.75) is 31.4 Å². The van der Waals surface area contributed by atoms with Gasteiger partial charge in [-0.3, -0.25) is 4.98 Å². The van der Waals surface area contributed by atoms with Gasteiger partial charge in [0.05, 0.1) is 18.8 Å². The van der Waals surface area contributed by atoms with Crippen molar-refractivity contribution >= 4 is 0 Å². The Morgan fingerprint density at radius 2 is 2.32 bits per heavy atom. The third kappa shape index (κ3) is 2.80. The fourth-order valence-electron chi connectivity index (χ4n) is 1.83. The van der Waals surface area contributed by atoms with Gasteiger partial charge in [-0.25, -0.2) is 0 Å². The lowest BCUT2D eigenvalue weighted by atomic mass is 9.96. The Hall–Kier alpha value is -1.79. The molecule has 0 aliphatic heterocycles. The van der Waals surface area contributed by atoms with Gasteiger partial charge in [-0.05, 0) is 31.4 Å². The molecule has 100 valence electrons. The molecule has 0 spiro atoms. The second-order valence-corrected chi connectivity index (χ2v) is 4.67. The van der Waals surface area contributed by atoms with Crippen LogP contribution in [0.2, 0.25) is 0 Å². The molecule has 0 amide bonds. The quantitative estimate of drug-likeness (QED) is 0.880. The molecule has 1 aliphatic carbocycles. The highest BCUT2D eigenvalue weighted by molar-refractivity contribution is 5.45. The molecule has 2 heterocycles. The molecule has 19 heavy (non-hydrogen) atoms. The van der Waals surface area contributed by atoms with Crippen molar-refractivity contribution in [3.63, 3.8) is 0 Å². The summed E-state index contributed by atoms with van der Waals surface area (Å²) in [7, 11) is 0. The number of hydrogen-bond acceptors (Lipinski definition) is 6. The molecule has 2 aromatic rings. The standard InChI is InChI=1S/C13H16N4O2/c14-10(8-18-9-4-3-5-9)12-16-13(19-17-12)11-6-1-2-7-15-11/h1-2,6-7,9-10H,3-5,8,14H2. The lowest BCUT2D eigenvalue weighted by molar-refractivity contribution is -0.00549. The van der Waals surface area contributed by atoms with Crippen molar-refractivity contribution in [3.8, 4) is 11.6 Å². The van der Waals surface area contributed by atoms with Gasteiger partial charge in [-0.2, -0.15) is 4.98 Å². The maximum absolute atomic E-state index is 5.98. The fraction of sp³-hybridized carbons (Fsp3) is 0.462. The summed E-state index contributed by atoms with van der Waals surface area (Å²) < 4.78 is 10.8. The van der Waals surface area contributed by atoms with Crippen molar-refractivity contribution in [2.24, 2.45) is 5.73 Å². The second-order valence-electron chi connectivity index (χ2n) is 4.67. The normalized spacial score (nSPS) is 17.1. The van der Waals surface area contributed by atoms with Crippen LogP contribution < -0.4 is 5.73 Å². The van der Waals surface area contributed by atoms with Gasteiger partial charge in [-0.1, -0.05) is 11.2 Å². The summed E-state index contributed by atoms with van der Waals surface area (Å²) in [5, 5.41) is 3.88. The molecule has 6 nitrogen and oxygen atoms in total. The van der Waals surface area contributed by atoms with E-state index in [9.17, 15) is 0 Å². The minimum atomic E-state index is -0.359. The Morgan fingerprint density at radius 3 is 3.00 bits per heavy atom. The first-order chi connectivity index (χ1) is 9.33. The molecule has 1 fully saturated rings. The fourth-order valence-corrected chi connectivity index (χ4v) is 1.83. The molecule has 0 radical (unpaired) electrons. The zero-order valence-corrected chi connectivity index (χ0v) is 10.5. The Kier molecular flexibility index (Phi) is 3.52. The molecular formula is C13H16N4O2. The first kappa shape index (κ1) is 12.3. The van der Waals surface area contributed by atoms with Crippen LogP contribution in [0.5, 0.6) is 0 Å². The zero-order chi connectivity index (χ0) is 13.1. The van der Waals surface area contributed by atoms with Gasteiger partial charge in [0.1, 0.15) is 5.69 Å². The first-order valence-corrected chi connectivity index (χ1v) is 6.45. The lowest BCUT2D eigenvalue weighted by Gasteiger charge is -2.26. The molecule has 1 aliphatic rings. The van der Waals surface area contributed by atoms with E-state index in [2.05, 4.69) is 15.1 Å². The summed E-state index contributed by atoms with van der Waals surface area (Å²) in [6, 6.07) is 5.15. The van der Waals surface area contributed by atoms with Crippen LogP contribution in [0.1, 0.15) is 31.1 Å². The topological polar surface area (TPSA) is 87.1 Å². The predicted octanol–water partition coefficient (Wildman–Crippen LogP) is 1.70. The summed E-state index contributed by atoms with van der Waals surface area (Å²) in [4.78, 5) is 8.41. The van der Waals surface area contributed by atoms with E-state index in [-0.39, 0.29) is 6.04 Å². The van der Waals surface area contributed by atoms with Crippen LogP contribution in [0, 0.1) is 0 Å². The summed E-state index contributed by atoms with van der Waals surface area (Å²) in [5.74, 6) is 0.842. The van der Waals surface area contributed by atoms with E-state index >= 15 is 0 Å². The van der Waals surface area contributed by atoms with Crippen molar-refractivity contribution in [3.05, 3.63) is 30.2 Å². The van der Waals surface area contributed by atoms with Crippen molar-refractivity contribution < 1.29 is 9.26 Å². The van der Waals surface area contributed by atoms with Crippen LogP contribution in [-0.2, 0) is 4.74 Å². The Balaban J connectivity index is 1.63. The first-order valence-electron chi connectivity index (χ1n) is 6.45. The molecular weight excluding hydrogens is 244 g/mol. The number of aromatic nitrogens is 3. The monoisotopic (exact) mass is 260 g/mol. The van der Waals surface area contributed by atoms with Gasteiger partial charge in [0.15, 0.2) is 5.82 Å². The molecule has 1 saturated carbocycles. The smallest absolute Gasteiger partial charge is 0.276 e. The predicted molar refractivity (Wildman–Crippen MR) is 68.0 cm³/mol. The van der Waals surface area contributed by atoms with Gasteiger partial charge < -0.3 is 15.0 Å². The van der Waals surface area contributed by atoms with Crippen molar-refractivity contribution in [1.29, 1.82) is 0 Å². The molecule has 3 rings (SSSR count). The van der Waals surface area contributed by atoms with Gasteiger partial charge in [-0.15, -0.1) is 0 Å². The van der Waals surface area contributed by atoms with Crippen LogP contribution in [-0.4, -0.2) is 27.8 Å². The highest BCUT2D eigenvalue weighted by Crippen LogP contribution is 2.23. The maximum Gasteiger partial charge on any atom is 0.276 e. The van der Waals surface area contributed by atoms with E-state index in [0.29, 0.717) is 30.1 Å². The minimum Gasteiger partial charge on any atom is -0.376 e. The number of nitrogens with two attached hydrogens (primary N) is 1. The van der Waals surface area contributed by atoms with Crippen molar-refractivity contribution in [1.82, 2.24) is 15.1 Å². The summed E-state index contributed by atoms with van der Waals surface area (Å²) in [5.41, 5.74) is 6.63. The van der Waals surface area contributed by atoms with Crippen LogP contribution >= 0.6 is 0 Å². The van der Waals surface area contributed by atoms with Crippen LogP contribution in [0.25, 0.3) is 11.6 Å². The number of pyridine rings is 1. The molecule has 0 bridgehead atoms. The maximum atomic E-state index is 5.98. The number of ether oxygens (including phenoxy) is 1. The highest BCUT2D eigenvalue weighted by Gasteiger charge is 2.21. The molecule has 0 aromatic carbocycles. The van der Waals surface area contributed by atoms with Crippen LogP contribution in [0.15, 0.2) is 28.9 Å². The summed E-state index contributed by atoms with van der Waals surface area (Å²) in [6.07, 6.45) is 5.52. The van der Waals surface area contributed by atoms with E-state index in [4.69, 9.17) is 15.0 Å². The number of hydrogen-bond donors (Lipinski definition) is 1. The lowest BCUT2D eigenvalue weighted by Crippen LogP contribution is -2.27. The van der Waals surface area contributed by atoms with Gasteiger partial charge in [0.2, 0.25) is 0 Å². The molecule has 1 unspecified atom stereocenters. The van der Waals surface area contributed by atoms with Gasteiger partial charge in [0, 0.05) is 6.20 Å². The van der Waals surface area contributed by atoms with E-state index in [1.165, 1.54) is 6.42 Å². The molecule has 2 aromatic heterocycles. The Bertz CT molecular complexity index is 524. The van der Waals surface area contributed by atoms with Crippen LogP contribution in [0.4, 0.5) is 0 Å². The number of rotatable bonds is 5. The number of nitrogens with zero attached hydrogens (tertiary/aromatic N) is 3. The van der Waals surface area contributed by atoms with Crippen molar-refractivity contribution in [2.75, 3.05) is 6.61 Å². The van der Waals surface area contributed by atoms with E-state index in [0.717, 1.165) is 12.8 Å². The molecule has 1 atom stereocenters.